The molecule has 0 unspecified atom stereocenters. The second-order valence-electron chi connectivity index (χ2n) is 14.3. The van der Waals surface area contributed by atoms with Gasteiger partial charge in [-0.05, 0) is 82.1 Å². The highest BCUT2D eigenvalue weighted by atomic mass is 32.2. The van der Waals surface area contributed by atoms with Gasteiger partial charge in [-0.15, -0.1) is 8.80 Å². The molecule has 0 fully saturated rings. The Hall–Kier alpha value is -5.81. The first-order valence-electron chi connectivity index (χ1n) is 17.0. The number of nitrogens with two attached hydrogens (primary N) is 2. The zero-order valence-corrected chi connectivity index (χ0v) is 32.6. The van der Waals surface area contributed by atoms with Crippen LogP contribution in [0, 0.1) is 6.92 Å². The van der Waals surface area contributed by atoms with E-state index in [4.69, 9.17) is 20.9 Å². The van der Waals surface area contributed by atoms with Crippen molar-refractivity contribution in [2.75, 3.05) is 13.2 Å². The predicted octanol–water partition coefficient (Wildman–Crippen LogP) is 3.98. The molecule has 0 bridgehead atoms. The highest BCUT2D eigenvalue weighted by molar-refractivity contribution is 7.89. The van der Waals surface area contributed by atoms with Gasteiger partial charge in [-0.1, -0.05) is 49.9 Å². The van der Waals surface area contributed by atoms with Gasteiger partial charge in [-0.25, -0.2) is 16.8 Å². The summed E-state index contributed by atoms with van der Waals surface area (Å²) in [6.07, 6.45) is 1.58. The number of amidine groups is 2. The third-order valence-electron chi connectivity index (χ3n) is 8.16. The lowest BCUT2D eigenvalue weighted by Crippen LogP contribution is -2.48. The van der Waals surface area contributed by atoms with Crippen molar-refractivity contribution in [1.29, 1.82) is 0 Å². The average Bonchev–Trinajstić information content (AvgIpc) is 3.09. The smallest absolute Gasteiger partial charge is 0.259 e. The van der Waals surface area contributed by atoms with Crippen molar-refractivity contribution in [3.63, 3.8) is 0 Å². The molecule has 0 saturated carbocycles. The van der Waals surface area contributed by atoms with Gasteiger partial charge in [0.1, 0.15) is 36.4 Å². The molecule has 298 valence electrons. The first-order valence-corrected chi connectivity index (χ1v) is 20.2. The second kappa shape index (κ2) is 16.9. The average molecular weight is 806 g/mol. The molecule has 4 aromatic rings. The Kier molecular flexibility index (Phi) is 13.0. The molecule has 0 spiro atoms. The number of aryl methyl sites for hydroxylation is 1. The van der Waals surface area contributed by atoms with Crippen LogP contribution in [0.1, 0.15) is 83.8 Å². The molecule has 2 aliphatic rings. The number of aromatic nitrogens is 1. The van der Waals surface area contributed by atoms with E-state index < -0.39 is 31.1 Å². The summed E-state index contributed by atoms with van der Waals surface area (Å²) in [4.78, 5) is 28.9. The summed E-state index contributed by atoms with van der Waals surface area (Å²) in [5.41, 5.74) is 14.2. The number of pyridine rings is 1. The molecule has 2 amide bonds. The molecule has 56 heavy (non-hydrogen) atoms. The summed E-state index contributed by atoms with van der Waals surface area (Å²) < 4.78 is 65.9. The Labute approximate surface area is 327 Å². The fourth-order valence-electron chi connectivity index (χ4n) is 5.69. The first-order chi connectivity index (χ1) is 25.7. The van der Waals surface area contributed by atoms with Gasteiger partial charge >= 0.3 is 0 Å². The van der Waals surface area contributed by atoms with Gasteiger partial charge in [0.25, 0.3) is 31.9 Å². The molecule has 17 heteroatoms. The zero-order chi connectivity index (χ0) is 40.2. The minimum Gasteiger partial charge on any atom is -0.490 e. The number of carbonyl (C=O) groups is 2. The number of nitrogens with one attached hydrogen (secondary N) is 2. The molecule has 0 radical (unpaired) electrons. The third-order valence-corrected chi connectivity index (χ3v) is 10.5. The van der Waals surface area contributed by atoms with Crippen LogP contribution >= 0.6 is 0 Å². The first kappa shape index (κ1) is 42.9. The minimum atomic E-state index is -3.61. The van der Waals surface area contributed by atoms with E-state index in [0.717, 1.165) is 5.69 Å². The van der Waals surface area contributed by atoms with Crippen molar-refractivity contribution < 1.29 is 35.9 Å². The topological polar surface area (TPSA) is 235 Å². The fraction of sp³-hybridized carbons (Fsp3) is 0.308. The van der Waals surface area contributed by atoms with E-state index in [1.54, 1.807) is 79.0 Å². The maximum Gasteiger partial charge on any atom is 0.259 e. The SMILES string of the molecule is C.CC(C)(COc1cccc2c1C(N)=NS(=O)(=O)C2)NC(=O)c1ccccc1.Cc1cc(C(=O)NC(C)(C)COc2cccc3c2C(N)=NS(=O)(=O)C3)ccn1. The molecule has 3 heterocycles. The molecule has 1 aromatic heterocycles. The fourth-order valence-corrected chi connectivity index (χ4v) is 7.87. The van der Waals surface area contributed by atoms with Crippen LogP contribution in [0.25, 0.3) is 0 Å². The van der Waals surface area contributed by atoms with Crippen LogP contribution < -0.4 is 31.6 Å². The van der Waals surface area contributed by atoms with Gasteiger partial charge in [-0.3, -0.25) is 14.6 Å². The summed E-state index contributed by atoms with van der Waals surface area (Å²) in [7, 11) is -7.21. The van der Waals surface area contributed by atoms with E-state index >= 15 is 0 Å². The van der Waals surface area contributed by atoms with Crippen molar-refractivity contribution >= 4 is 43.5 Å². The highest BCUT2D eigenvalue weighted by Crippen LogP contribution is 2.30. The van der Waals surface area contributed by atoms with Crippen LogP contribution in [0.3, 0.4) is 0 Å². The van der Waals surface area contributed by atoms with E-state index in [-0.39, 0.29) is 55.6 Å². The standard InChI is InChI=1S/C19H22N4O4S.C19H21N3O4S.CH4/c1-12-9-13(7-8-21-12)18(24)22-19(2,3)11-27-15-6-4-5-14-10-28(25,26)23-17(20)16(14)15;1-19(2,21-18(23)13-7-4-3-5-8-13)12-26-15-10-6-9-14-11-27(24,25)22-17(20)16(14)15;/h4-9H,10-11H2,1-3H3,(H2,20,23)(H,22,24);3-10H,11-12H2,1-2H3,(H2,20,22)(H,21,23);1H4. The van der Waals surface area contributed by atoms with E-state index in [1.807, 2.05) is 40.7 Å². The Morgan fingerprint density at radius 3 is 1.57 bits per heavy atom. The van der Waals surface area contributed by atoms with E-state index in [1.165, 1.54) is 0 Å². The number of carbonyl (C=O) groups excluding carboxylic acids is 2. The molecular formula is C39H47N7O8S2. The van der Waals surface area contributed by atoms with E-state index in [0.29, 0.717) is 44.9 Å². The van der Waals surface area contributed by atoms with Gasteiger partial charge in [0.15, 0.2) is 0 Å². The number of sulfonamides is 2. The molecule has 2 aliphatic heterocycles. The van der Waals surface area contributed by atoms with Crippen LogP contribution in [0.4, 0.5) is 0 Å². The predicted molar refractivity (Wildman–Crippen MR) is 216 cm³/mol. The number of ether oxygens (including phenoxy) is 2. The monoisotopic (exact) mass is 805 g/mol. The van der Waals surface area contributed by atoms with Crippen molar-refractivity contribution in [3.8, 4) is 11.5 Å². The van der Waals surface area contributed by atoms with Crippen molar-refractivity contribution in [2.45, 2.75) is 64.6 Å². The zero-order valence-electron chi connectivity index (χ0n) is 31.0. The maximum absolute atomic E-state index is 12.5. The number of nitrogens with zero attached hydrogens (tertiary/aromatic N) is 3. The Morgan fingerprint density at radius 1 is 0.679 bits per heavy atom. The molecule has 6 rings (SSSR count). The van der Waals surface area contributed by atoms with Crippen LogP contribution in [-0.2, 0) is 31.6 Å². The number of rotatable bonds is 10. The van der Waals surface area contributed by atoms with Crippen molar-refractivity contribution in [3.05, 3.63) is 124 Å². The molecule has 15 nitrogen and oxygen atoms in total. The molecule has 0 saturated heterocycles. The summed E-state index contributed by atoms with van der Waals surface area (Å²) in [6.45, 7) is 9.47. The maximum atomic E-state index is 12.5. The number of hydrogen-bond acceptors (Lipinski definition) is 11. The Morgan fingerprint density at radius 2 is 1.12 bits per heavy atom. The van der Waals surface area contributed by atoms with Gasteiger partial charge in [0, 0.05) is 23.0 Å². The summed E-state index contributed by atoms with van der Waals surface area (Å²) in [5, 5.41) is 5.85. The van der Waals surface area contributed by atoms with Gasteiger partial charge in [0.05, 0.1) is 33.7 Å². The van der Waals surface area contributed by atoms with E-state index in [2.05, 4.69) is 24.4 Å². The van der Waals surface area contributed by atoms with Crippen LogP contribution in [0.2, 0.25) is 0 Å². The summed E-state index contributed by atoms with van der Waals surface area (Å²) >= 11 is 0. The van der Waals surface area contributed by atoms with Crippen LogP contribution in [0.5, 0.6) is 11.5 Å². The van der Waals surface area contributed by atoms with E-state index in [9.17, 15) is 26.4 Å². The molecule has 6 N–H and O–H groups in total. The highest BCUT2D eigenvalue weighted by Gasteiger charge is 2.29. The Bertz CT molecular complexity index is 2400. The van der Waals surface area contributed by atoms with Gasteiger partial charge in [0.2, 0.25) is 0 Å². The van der Waals surface area contributed by atoms with Crippen LogP contribution in [0.15, 0.2) is 93.9 Å². The lowest BCUT2D eigenvalue weighted by atomic mass is 10.0. The minimum absolute atomic E-state index is 0. The second-order valence-corrected chi connectivity index (χ2v) is 17.6. The largest absolute Gasteiger partial charge is 0.490 e. The number of benzene rings is 3. The number of amides is 2. The van der Waals surface area contributed by atoms with Crippen LogP contribution in [-0.4, -0.2) is 69.6 Å². The normalized spacial score (nSPS) is 15.1. The molecule has 0 atom stereocenters. The molecular weight excluding hydrogens is 759 g/mol. The quantitative estimate of drug-likeness (QED) is 0.179. The molecule has 3 aromatic carbocycles. The number of hydrogen-bond donors (Lipinski definition) is 4. The third kappa shape index (κ3) is 11.1. The van der Waals surface area contributed by atoms with Crippen molar-refractivity contribution in [1.82, 2.24) is 15.6 Å². The Balaban J connectivity index is 0.000000244. The van der Waals surface area contributed by atoms with Gasteiger partial charge in [-0.2, -0.15) is 0 Å². The van der Waals surface area contributed by atoms with Crippen molar-refractivity contribution in [2.24, 2.45) is 20.3 Å². The molecule has 0 aliphatic carbocycles. The summed E-state index contributed by atoms with van der Waals surface area (Å²) in [5.74, 6) is -0.186. The van der Waals surface area contributed by atoms with Gasteiger partial charge < -0.3 is 31.6 Å². The summed E-state index contributed by atoms with van der Waals surface area (Å²) in [6, 6.07) is 22.4. The lowest BCUT2D eigenvalue weighted by Gasteiger charge is -2.27. The number of fused-ring (bicyclic) bond motifs is 2. The lowest BCUT2D eigenvalue weighted by molar-refractivity contribution is 0.0872.